The summed E-state index contributed by atoms with van der Waals surface area (Å²) >= 11 is 0. The molecule has 15 heavy (non-hydrogen) atoms. The molecule has 1 unspecified atom stereocenters. The summed E-state index contributed by atoms with van der Waals surface area (Å²) in [6.07, 6.45) is 0.869. The second kappa shape index (κ2) is 4.14. The number of carbonyl (C=O) groups is 2. The molecule has 1 amide bonds. The smallest absolute Gasteiger partial charge is 0.257 e. The van der Waals surface area contributed by atoms with Crippen molar-refractivity contribution in [3.63, 3.8) is 0 Å². The highest BCUT2D eigenvalue weighted by atomic mass is 16.5. The molecule has 1 aliphatic heterocycles. The van der Waals surface area contributed by atoms with E-state index in [0.29, 0.717) is 12.2 Å². The molecule has 4 heteroatoms. The highest BCUT2D eigenvalue weighted by Gasteiger charge is 2.41. The molecule has 1 rings (SSSR count). The normalized spacial score (nSPS) is 25.7. The van der Waals surface area contributed by atoms with Crippen molar-refractivity contribution in [2.75, 3.05) is 6.61 Å². The van der Waals surface area contributed by atoms with Gasteiger partial charge in [0, 0.05) is 6.61 Å². The summed E-state index contributed by atoms with van der Waals surface area (Å²) in [5.41, 5.74) is 0.0933. The fourth-order valence-corrected chi connectivity index (χ4v) is 1.66. The van der Waals surface area contributed by atoms with Gasteiger partial charge < -0.3 is 10.1 Å². The van der Waals surface area contributed by atoms with Gasteiger partial charge in [0.1, 0.15) is 0 Å². The van der Waals surface area contributed by atoms with E-state index in [1.165, 1.54) is 6.92 Å². The summed E-state index contributed by atoms with van der Waals surface area (Å²) in [6, 6.07) is 0. The van der Waals surface area contributed by atoms with E-state index in [0.717, 1.165) is 6.42 Å². The van der Waals surface area contributed by atoms with Crippen LogP contribution in [0.5, 0.6) is 0 Å². The number of rotatable bonds is 4. The van der Waals surface area contributed by atoms with Crippen LogP contribution in [0.25, 0.3) is 0 Å². The SMILES string of the molecule is CCCOC1(C)NC(=O)C(C(C)=O)=C1C. The first-order chi connectivity index (χ1) is 6.92. The Hall–Kier alpha value is -1.16. The Labute approximate surface area is 89.7 Å². The first kappa shape index (κ1) is 11.9. The molecule has 0 spiro atoms. The quantitative estimate of drug-likeness (QED) is 0.710. The van der Waals surface area contributed by atoms with Gasteiger partial charge in [-0.15, -0.1) is 0 Å². The van der Waals surface area contributed by atoms with Crippen LogP contribution in [0.15, 0.2) is 11.1 Å². The molecule has 0 radical (unpaired) electrons. The molecular formula is C11H17NO3. The van der Waals surface area contributed by atoms with Crippen LogP contribution in [-0.2, 0) is 14.3 Å². The van der Waals surface area contributed by atoms with Crippen molar-refractivity contribution >= 4 is 11.7 Å². The van der Waals surface area contributed by atoms with Crippen LogP contribution in [0, 0.1) is 0 Å². The van der Waals surface area contributed by atoms with Crippen molar-refractivity contribution < 1.29 is 14.3 Å². The molecule has 0 aromatic rings. The zero-order valence-electron chi connectivity index (χ0n) is 9.64. The van der Waals surface area contributed by atoms with Gasteiger partial charge in [-0.25, -0.2) is 0 Å². The van der Waals surface area contributed by atoms with E-state index in [9.17, 15) is 9.59 Å². The largest absolute Gasteiger partial charge is 0.352 e. The summed E-state index contributed by atoms with van der Waals surface area (Å²) in [5, 5.41) is 2.69. The maximum Gasteiger partial charge on any atom is 0.257 e. The lowest BCUT2D eigenvalue weighted by Gasteiger charge is -2.26. The summed E-state index contributed by atoms with van der Waals surface area (Å²) in [4.78, 5) is 22.8. The third kappa shape index (κ3) is 2.09. The first-order valence-electron chi connectivity index (χ1n) is 5.11. The standard InChI is InChI=1S/C11H17NO3/c1-5-6-15-11(4)7(2)9(8(3)13)10(14)12-11/h5-6H2,1-4H3,(H,12,14). The number of nitrogens with one attached hydrogen (secondary N) is 1. The molecule has 0 saturated heterocycles. The summed E-state index contributed by atoms with van der Waals surface area (Å²) in [7, 11) is 0. The number of Topliss-reactive ketones (excluding diaryl/α,β-unsaturated/α-hetero) is 1. The van der Waals surface area contributed by atoms with Crippen molar-refractivity contribution in [2.45, 2.75) is 39.8 Å². The van der Waals surface area contributed by atoms with Crippen LogP contribution in [0.4, 0.5) is 0 Å². The highest BCUT2D eigenvalue weighted by Crippen LogP contribution is 2.28. The van der Waals surface area contributed by atoms with Crippen LogP contribution < -0.4 is 5.32 Å². The minimum Gasteiger partial charge on any atom is -0.352 e. The van der Waals surface area contributed by atoms with Crippen LogP contribution in [0.3, 0.4) is 0 Å². The molecule has 1 aliphatic rings. The van der Waals surface area contributed by atoms with Crippen LogP contribution in [0.2, 0.25) is 0 Å². The zero-order chi connectivity index (χ0) is 11.6. The van der Waals surface area contributed by atoms with Gasteiger partial charge in [-0.3, -0.25) is 9.59 Å². The van der Waals surface area contributed by atoms with E-state index in [4.69, 9.17) is 4.74 Å². The third-order valence-electron chi connectivity index (χ3n) is 2.62. The Morgan fingerprint density at radius 2 is 2.13 bits per heavy atom. The van der Waals surface area contributed by atoms with Gasteiger partial charge in [-0.2, -0.15) is 0 Å². The number of hydrogen-bond donors (Lipinski definition) is 1. The van der Waals surface area contributed by atoms with Gasteiger partial charge in [0.2, 0.25) is 0 Å². The predicted octanol–water partition coefficient (Wildman–Crippen LogP) is 1.16. The number of carbonyl (C=O) groups excluding carboxylic acids is 2. The minimum atomic E-state index is -0.811. The zero-order valence-corrected chi connectivity index (χ0v) is 9.64. The Morgan fingerprint density at radius 3 is 2.53 bits per heavy atom. The first-order valence-corrected chi connectivity index (χ1v) is 5.11. The maximum atomic E-state index is 11.5. The number of amides is 1. The summed E-state index contributed by atoms with van der Waals surface area (Å²) in [6.45, 7) is 7.46. The lowest BCUT2D eigenvalue weighted by atomic mass is 10.0. The molecule has 1 heterocycles. The predicted molar refractivity (Wildman–Crippen MR) is 56.2 cm³/mol. The fraction of sp³-hybridized carbons (Fsp3) is 0.636. The Kier molecular flexibility index (Phi) is 3.29. The van der Waals surface area contributed by atoms with E-state index in [2.05, 4.69) is 5.32 Å². The Balaban J connectivity index is 2.97. The van der Waals surface area contributed by atoms with E-state index < -0.39 is 5.72 Å². The minimum absolute atomic E-state index is 0.214. The number of ether oxygens (including phenoxy) is 1. The molecule has 0 bridgehead atoms. The Bertz CT molecular complexity index is 333. The van der Waals surface area contributed by atoms with E-state index in [1.54, 1.807) is 13.8 Å². The van der Waals surface area contributed by atoms with Crippen molar-refractivity contribution in [1.29, 1.82) is 0 Å². The molecule has 0 fully saturated rings. The molecule has 84 valence electrons. The molecule has 0 aromatic carbocycles. The second-order valence-electron chi connectivity index (χ2n) is 3.89. The Morgan fingerprint density at radius 1 is 1.53 bits per heavy atom. The van der Waals surface area contributed by atoms with Gasteiger partial charge in [0.25, 0.3) is 5.91 Å². The topological polar surface area (TPSA) is 55.4 Å². The molecule has 0 aliphatic carbocycles. The number of ketones is 1. The van der Waals surface area contributed by atoms with Gasteiger partial charge >= 0.3 is 0 Å². The van der Waals surface area contributed by atoms with Crippen molar-refractivity contribution in [2.24, 2.45) is 0 Å². The van der Waals surface area contributed by atoms with Crippen LogP contribution in [0.1, 0.15) is 34.1 Å². The second-order valence-corrected chi connectivity index (χ2v) is 3.89. The maximum absolute atomic E-state index is 11.5. The van der Waals surface area contributed by atoms with Gasteiger partial charge in [-0.1, -0.05) is 6.92 Å². The van der Waals surface area contributed by atoms with E-state index >= 15 is 0 Å². The average Bonchev–Trinajstić information content (AvgIpc) is 2.35. The molecule has 1 atom stereocenters. The van der Waals surface area contributed by atoms with Crippen molar-refractivity contribution in [3.05, 3.63) is 11.1 Å². The van der Waals surface area contributed by atoms with Gasteiger partial charge in [0.15, 0.2) is 11.5 Å². The molecule has 1 N–H and O–H groups in total. The average molecular weight is 211 g/mol. The van der Waals surface area contributed by atoms with Crippen LogP contribution in [-0.4, -0.2) is 24.0 Å². The van der Waals surface area contributed by atoms with Crippen LogP contribution >= 0.6 is 0 Å². The van der Waals surface area contributed by atoms with Gasteiger partial charge in [-0.05, 0) is 32.8 Å². The molecule has 4 nitrogen and oxygen atoms in total. The third-order valence-corrected chi connectivity index (χ3v) is 2.62. The lowest BCUT2D eigenvalue weighted by Crippen LogP contribution is -2.44. The summed E-state index contributed by atoms with van der Waals surface area (Å²) < 4.78 is 5.56. The summed E-state index contributed by atoms with van der Waals surface area (Å²) in [5.74, 6) is -0.549. The lowest BCUT2D eigenvalue weighted by molar-refractivity contribution is -0.124. The van der Waals surface area contributed by atoms with Crippen molar-refractivity contribution in [1.82, 2.24) is 5.32 Å². The van der Waals surface area contributed by atoms with Crippen molar-refractivity contribution in [3.8, 4) is 0 Å². The molecule has 0 saturated carbocycles. The van der Waals surface area contributed by atoms with E-state index in [1.807, 2.05) is 6.92 Å². The number of hydrogen-bond acceptors (Lipinski definition) is 3. The van der Waals surface area contributed by atoms with E-state index in [-0.39, 0.29) is 17.3 Å². The molecular weight excluding hydrogens is 194 g/mol. The fourth-order valence-electron chi connectivity index (χ4n) is 1.66. The highest BCUT2D eigenvalue weighted by molar-refractivity contribution is 6.21. The van der Waals surface area contributed by atoms with Gasteiger partial charge in [0.05, 0.1) is 5.57 Å². The molecule has 0 aromatic heterocycles. The monoisotopic (exact) mass is 211 g/mol.